The largest absolute Gasteiger partial charge is 0.447 e. The van der Waals surface area contributed by atoms with Crippen molar-refractivity contribution in [2.45, 2.75) is 59.1 Å². The molecule has 0 aromatic rings. The highest BCUT2D eigenvalue weighted by Crippen LogP contribution is 2.17. The van der Waals surface area contributed by atoms with Crippen LogP contribution in [0.4, 0.5) is 4.79 Å². The van der Waals surface area contributed by atoms with Crippen LogP contribution in [0.1, 0.15) is 47.0 Å². The highest BCUT2D eigenvalue weighted by atomic mass is 16.6. The average molecular weight is 270 g/mol. The monoisotopic (exact) mass is 270 g/mol. The number of amides is 1. The number of likely N-dealkylation sites (tertiary alicyclic amines) is 1. The van der Waals surface area contributed by atoms with Gasteiger partial charge in [-0.3, -0.25) is 0 Å². The molecule has 0 N–H and O–H groups in total. The van der Waals surface area contributed by atoms with Gasteiger partial charge in [0.15, 0.2) is 0 Å². The van der Waals surface area contributed by atoms with E-state index in [0.717, 1.165) is 31.8 Å². The molecule has 1 saturated heterocycles. The Kier molecular flexibility index (Phi) is 6.63. The van der Waals surface area contributed by atoms with Crippen molar-refractivity contribution in [1.82, 2.24) is 9.80 Å². The van der Waals surface area contributed by atoms with Gasteiger partial charge in [-0.05, 0) is 45.6 Å². The lowest BCUT2D eigenvalue weighted by atomic mass is 10.0. The first kappa shape index (κ1) is 16.3. The smallest absolute Gasteiger partial charge is 0.410 e. The zero-order valence-electron chi connectivity index (χ0n) is 13.2. The SMILES string of the molecule is CC(C)CCN1CCC(N(C)C(=O)OC(C)C)CC1. The molecule has 1 rings (SSSR count). The van der Waals surface area contributed by atoms with Crippen molar-refractivity contribution in [3.8, 4) is 0 Å². The van der Waals surface area contributed by atoms with Crippen molar-refractivity contribution >= 4 is 6.09 Å². The van der Waals surface area contributed by atoms with Crippen LogP contribution in [-0.4, -0.2) is 54.7 Å². The molecule has 4 nitrogen and oxygen atoms in total. The summed E-state index contributed by atoms with van der Waals surface area (Å²) in [5.74, 6) is 0.765. The second kappa shape index (κ2) is 7.73. The summed E-state index contributed by atoms with van der Waals surface area (Å²) in [6.07, 6.45) is 3.15. The number of carbonyl (C=O) groups is 1. The van der Waals surface area contributed by atoms with Gasteiger partial charge in [-0.1, -0.05) is 13.8 Å². The van der Waals surface area contributed by atoms with Gasteiger partial charge in [0.1, 0.15) is 0 Å². The normalized spacial score (nSPS) is 18.1. The van der Waals surface area contributed by atoms with Crippen LogP contribution in [0, 0.1) is 5.92 Å². The molecule has 1 aliphatic heterocycles. The van der Waals surface area contributed by atoms with Gasteiger partial charge in [0.2, 0.25) is 0 Å². The molecule has 1 heterocycles. The Bertz CT molecular complexity index is 271. The Morgan fingerprint density at radius 1 is 1.26 bits per heavy atom. The van der Waals surface area contributed by atoms with Crippen LogP contribution in [0.5, 0.6) is 0 Å². The highest BCUT2D eigenvalue weighted by Gasteiger charge is 2.26. The summed E-state index contributed by atoms with van der Waals surface area (Å²) >= 11 is 0. The van der Waals surface area contributed by atoms with Crippen molar-refractivity contribution in [3.05, 3.63) is 0 Å². The van der Waals surface area contributed by atoms with Gasteiger partial charge >= 0.3 is 6.09 Å². The van der Waals surface area contributed by atoms with E-state index in [1.54, 1.807) is 4.90 Å². The predicted molar refractivity (Wildman–Crippen MR) is 78.3 cm³/mol. The maximum Gasteiger partial charge on any atom is 0.410 e. The summed E-state index contributed by atoms with van der Waals surface area (Å²) in [5, 5.41) is 0. The molecule has 0 bridgehead atoms. The summed E-state index contributed by atoms with van der Waals surface area (Å²) in [7, 11) is 1.86. The van der Waals surface area contributed by atoms with Gasteiger partial charge < -0.3 is 14.5 Å². The van der Waals surface area contributed by atoms with Crippen molar-refractivity contribution in [2.24, 2.45) is 5.92 Å². The summed E-state index contributed by atoms with van der Waals surface area (Å²) in [4.78, 5) is 16.1. The maximum atomic E-state index is 11.8. The fourth-order valence-corrected chi connectivity index (χ4v) is 2.40. The summed E-state index contributed by atoms with van der Waals surface area (Å²) in [5.41, 5.74) is 0. The Hall–Kier alpha value is -0.770. The van der Waals surface area contributed by atoms with Gasteiger partial charge in [0, 0.05) is 26.2 Å². The molecule has 0 unspecified atom stereocenters. The van der Waals surface area contributed by atoms with Gasteiger partial charge in [-0.25, -0.2) is 4.79 Å². The second-order valence-corrected chi connectivity index (χ2v) is 6.30. The van der Waals surface area contributed by atoms with Crippen LogP contribution in [0.25, 0.3) is 0 Å². The molecule has 1 amide bonds. The Morgan fingerprint density at radius 3 is 2.32 bits per heavy atom. The third-order valence-electron chi connectivity index (χ3n) is 3.75. The topological polar surface area (TPSA) is 32.8 Å². The number of hydrogen-bond acceptors (Lipinski definition) is 3. The lowest BCUT2D eigenvalue weighted by molar-refractivity contribution is 0.0576. The van der Waals surface area contributed by atoms with E-state index in [1.807, 2.05) is 20.9 Å². The van der Waals surface area contributed by atoms with Crippen molar-refractivity contribution < 1.29 is 9.53 Å². The van der Waals surface area contributed by atoms with Crippen LogP contribution in [0.2, 0.25) is 0 Å². The third kappa shape index (κ3) is 5.81. The first-order valence-corrected chi connectivity index (χ1v) is 7.56. The Labute approximate surface area is 118 Å². The van der Waals surface area contributed by atoms with Crippen LogP contribution in [0.3, 0.4) is 0 Å². The third-order valence-corrected chi connectivity index (χ3v) is 3.75. The van der Waals surface area contributed by atoms with E-state index in [9.17, 15) is 4.79 Å². The molecule has 1 fully saturated rings. The Balaban J connectivity index is 2.30. The number of hydrogen-bond donors (Lipinski definition) is 0. The highest BCUT2D eigenvalue weighted by molar-refractivity contribution is 5.67. The number of ether oxygens (including phenoxy) is 1. The lowest BCUT2D eigenvalue weighted by Crippen LogP contribution is -2.46. The molecule has 0 spiro atoms. The number of carbonyl (C=O) groups excluding carboxylic acids is 1. The predicted octanol–water partition coefficient (Wildman–Crippen LogP) is 2.97. The zero-order chi connectivity index (χ0) is 14.4. The van der Waals surface area contributed by atoms with Crippen molar-refractivity contribution in [2.75, 3.05) is 26.7 Å². The first-order valence-electron chi connectivity index (χ1n) is 7.56. The van der Waals surface area contributed by atoms with Crippen LogP contribution in [0.15, 0.2) is 0 Å². The summed E-state index contributed by atoms with van der Waals surface area (Å²) < 4.78 is 5.24. The van der Waals surface area contributed by atoms with Gasteiger partial charge in [0.05, 0.1) is 6.10 Å². The molecule has 19 heavy (non-hydrogen) atoms. The number of piperidine rings is 1. The van der Waals surface area contributed by atoms with Crippen molar-refractivity contribution in [3.63, 3.8) is 0 Å². The Morgan fingerprint density at radius 2 is 1.84 bits per heavy atom. The van der Waals surface area contributed by atoms with Crippen LogP contribution in [-0.2, 0) is 4.74 Å². The number of nitrogens with zero attached hydrogens (tertiary/aromatic N) is 2. The van der Waals surface area contributed by atoms with E-state index in [-0.39, 0.29) is 12.2 Å². The molecule has 1 aliphatic rings. The van der Waals surface area contributed by atoms with E-state index in [4.69, 9.17) is 4.74 Å². The minimum absolute atomic E-state index is 0.0407. The summed E-state index contributed by atoms with van der Waals surface area (Å²) in [6, 6.07) is 0.335. The molecule has 0 saturated carbocycles. The van der Waals surface area contributed by atoms with Crippen LogP contribution < -0.4 is 0 Å². The van der Waals surface area contributed by atoms with E-state index >= 15 is 0 Å². The van der Waals surface area contributed by atoms with Crippen molar-refractivity contribution in [1.29, 1.82) is 0 Å². The fourth-order valence-electron chi connectivity index (χ4n) is 2.40. The minimum atomic E-state index is -0.185. The molecule has 0 radical (unpaired) electrons. The van der Waals surface area contributed by atoms with E-state index in [0.29, 0.717) is 6.04 Å². The molecule has 0 atom stereocenters. The maximum absolute atomic E-state index is 11.8. The van der Waals surface area contributed by atoms with Gasteiger partial charge in [0.25, 0.3) is 0 Å². The van der Waals surface area contributed by atoms with E-state index in [2.05, 4.69) is 18.7 Å². The molecule has 0 aromatic heterocycles. The molecule has 0 aliphatic carbocycles. The standard InChI is InChI=1S/C15H30N2O2/c1-12(2)6-9-17-10-7-14(8-11-17)16(5)15(18)19-13(3)4/h12-14H,6-11H2,1-5H3. The second-order valence-electron chi connectivity index (χ2n) is 6.30. The quantitative estimate of drug-likeness (QED) is 0.770. The lowest BCUT2D eigenvalue weighted by Gasteiger charge is -2.36. The molecular formula is C15H30N2O2. The summed E-state index contributed by atoms with van der Waals surface area (Å²) in [6.45, 7) is 11.7. The zero-order valence-corrected chi connectivity index (χ0v) is 13.2. The van der Waals surface area contributed by atoms with Gasteiger partial charge in [-0.2, -0.15) is 0 Å². The molecule has 112 valence electrons. The average Bonchev–Trinajstić information content (AvgIpc) is 2.35. The van der Waals surface area contributed by atoms with Gasteiger partial charge in [-0.15, -0.1) is 0 Å². The fraction of sp³-hybridized carbons (Fsp3) is 0.933. The van der Waals surface area contributed by atoms with E-state index in [1.165, 1.54) is 13.0 Å². The number of rotatable bonds is 5. The van der Waals surface area contributed by atoms with Crippen LogP contribution >= 0.6 is 0 Å². The van der Waals surface area contributed by atoms with E-state index < -0.39 is 0 Å². The molecular weight excluding hydrogens is 240 g/mol. The molecule has 0 aromatic carbocycles. The molecule has 4 heteroatoms. The minimum Gasteiger partial charge on any atom is -0.447 e. The first-order chi connectivity index (χ1) is 8.90.